The minimum absolute atomic E-state index is 0.120. The number of hydrogen-bond acceptors (Lipinski definition) is 3. The van der Waals surface area contributed by atoms with Crippen LogP contribution in [0.2, 0.25) is 5.02 Å². The van der Waals surface area contributed by atoms with Crippen LogP contribution in [0.15, 0.2) is 48.5 Å². The molecule has 4 nitrogen and oxygen atoms in total. The van der Waals surface area contributed by atoms with Gasteiger partial charge in [-0.15, -0.1) is 0 Å². The van der Waals surface area contributed by atoms with Crippen molar-refractivity contribution < 1.29 is 4.79 Å². The summed E-state index contributed by atoms with van der Waals surface area (Å²) in [7, 11) is 0. The average molecular weight is 358 g/mol. The molecule has 132 valence electrons. The number of para-hydroxylation sites is 1. The lowest BCUT2D eigenvalue weighted by Gasteiger charge is -2.35. The Morgan fingerprint density at radius 2 is 1.84 bits per heavy atom. The summed E-state index contributed by atoms with van der Waals surface area (Å²) in [5.41, 5.74) is 3.42. The van der Waals surface area contributed by atoms with Gasteiger partial charge in [-0.1, -0.05) is 53.6 Å². The normalized spacial score (nSPS) is 15.2. The molecule has 25 heavy (non-hydrogen) atoms. The Bertz CT molecular complexity index is 726. The number of amides is 1. The maximum atomic E-state index is 12.4. The van der Waals surface area contributed by atoms with Crippen molar-refractivity contribution in [2.45, 2.75) is 13.5 Å². The summed E-state index contributed by atoms with van der Waals surface area (Å²) in [6, 6.07) is 16.1. The standard InChI is InChI=1S/C20H24ClN3O/c1-16-5-4-6-17(13-16)15-23-9-11-24(12-10-23)20(25)14-22-19-8-3-2-7-18(19)21/h2-8,13,22H,9-12,14-15H2,1H3. The lowest BCUT2D eigenvalue weighted by atomic mass is 10.1. The van der Waals surface area contributed by atoms with E-state index in [1.54, 1.807) is 0 Å². The summed E-state index contributed by atoms with van der Waals surface area (Å²) in [4.78, 5) is 16.7. The number of carbonyl (C=O) groups excluding carboxylic acids is 1. The highest BCUT2D eigenvalue weighted by Crippen LogP contribution is 2.20. The summed E-state index contributed by atoms with van der Waals surface area (Å²) in [6.07, 6.45) is 0. The molecular formula is C20H24ClN3O. The van der Waals surface area contributed by atoms with E-state index < -0.39 is 0 Å². The Morgan fingerprint density at radius 3 is 2.56 bits per heavy atom. The van der Waals surface area contributed by atoms with Crippen molar-refractivity contribution in [2.24, 2.45) is 0 Å². The number of rotatable bonds is 5. The van der Waals surface area contributed by atoms with E-state index in [2.05, 4.69) is 41.4 Å². The monoisotopic (exact) mass is 357 g/mol. The van der Waals surface area contributed by atoms with Crippen LogP contribution in [0.3, 0.4) is 0 Å². The first-order chi connectivity index (χ1) is 12.1. The zero-order chi connectivity index (χ0) is 17.6. The summed E-state index contributed by atoms with van der Waals surface area (Å²) < 4.78 is 0. The molecule has 0 unspecified atom stereocenters. The largest absolute Gasteiger partial charge is 0.375 e. The molecule has 3 rings (SSSR count). The summed E-state index contributed by atoms with van der Waals surface area (Å²) in [5, 5.41) is 3.77. The van der Waals surface area contributed by atoms with E-state index >= 15 is 0 Å². The zero-order valence-corrected chi connectivity index (χ0v) is 15.3. The fourth-order valence-electron chi connectivity index (χ4n) is 3.11. The molecule has 0 saturated carbocycles. The van der Waals surface area contributed by atoms with E-state index in [1.165, 1.54) is 11.1 Å². The zero-order valence-electron chi connectivity index (χ0n) is 14.5. The number of hydrogen-bond donors (Lipinski definition) is 1. The Hall–Kier alpha value is -2.04. The highest BCUT2D eigenvalue weighted by molar-refractivity contribution is 6.33. The molecule has 1 N–H and O–H groups in total. The van der Waals surface area contributed by atoms with E-state index in [0.29, 0.717) is 5.02 Å². The number of benzene rings is 2. The number of piperazine rings is 1. The minimum atomic E-state index is 0.120. The van der Waals surface area contributed by atoms with Gasteiger partial charge in [0, 0.05) is 32.7 Å². The first-order valence-corrected chi connectivity index (χ1v) is 9.04. The fourth-order valence-corrected chi connectivity index (χ4v) is 3.31. The molecule has 1 aliphatic heterocycles. The molecular weight excluding hydrogens is 334 g/mol. The lowest BCUT2D eigenvalue weighted by molar-refractivity contribution is -0.131. The third-order valence-electron chi connectivity index (χ3n) is 4.52. The molecule has 1 saturated heterocycles. The van der Waals surface area contributed by atoms with E-state index in [1.807, 2.05) is 29.2 Å². The number of halogens is 1. The highest BCUT2D eigenvalue weighted by atomic mass is 35.5. The van der Waals surface area contributed by atoms with E-state index in [0.717, 1.165) is 38.4 Å². The van der Waals surface area contributed by atoms with Gasteiger partial charge in [-0.25, -0.2) is 0 Å². The Morgan fingerprint density at radius 1 is 1.08 bits per heavy atom. The molecule has 1 aliphatic rings. The molecule has 0 aliphatic carbocycles. The van der Waals surface area contributed by atoms with Gasteiger partial charge >= 0.3 is 0 Å². The van der Waals surface area contributed by atoms with Crippen molar-refractivity contribution in [1.82, 2.24) is 9.80 Å². The van der Waals surface area contributed by atoms with Crippen molar-refractivity contribution in [2.75, 3.05) is 38.0 Å². The smallest absolute Gasteiger partial charge is 0.241 e. The van der Waals surface area contributed by atoms with Crippen LogP contribution < -0.4 is 5.32 Å². The molecule has 1 amide bonds. The lowest BCUT2D eigenvalue weighted by Crippen LogP contribution is -2.49. The van der Waals surface area contributed by atoms with Crippen LogP contribution in [-0.2, 0) is 11.3 Å². The molecule has 0 bridgehead atoms. The average Bonchev–Trinajstić information content (AvgIpc) is 2.61. The van der Waals surface area contributed by atoms with Crippen LogP contribution in [0.1, 0.15) is 11.1 Å². The highest BCUT2D eigenvalue weighted by Gasteiger charge is 2.21. The second-order valence-electron chi connectivity index (χ2n) is 6.48. The van der Waals surface area contributed by atoms with Gasteiger partial charge in [-0.2, -0.15) is 0 Å². The third-order valence-corrected chi connectivity index (χ3v) is 4.85. The second kappa shape index (κ2) is 8.37. The van der Waals surface area contributed by atoms with Crippen LogP contribution in [-0.4, -0.2) is 48.4 Å². The fraction of sp³-hybridized carbons (Fsp3) is 0.350. The van der Waals surface area contributed by atoms with E-state index in [-0.39, 0.29) is 12.5 Å². The molecule has 1 heterocycles. The van der Waals surface area contributed by atoms with Crippen LogP contribution in [0.5, 0.6) is 0 Å². The van der Waals surface area contributed by atoms with Gasteiger partial charge in [0.15, 0.2) is 0 Å². The maximum Gasteiger partial charge on any atom is 0.241 e. The number of nitrogens with zero attached hydrogens (tertiary/aromatic N) is 2. The summed E-state index contributed by atoms with van der Waals surface area (Å²) in [6.45, 7) is 6.70. The van der Waals surface area contributed by atoms with Gasteiger partial charge in [-0.3, -0.25) is 9.69 Å². The van der Waals surface area contributed by atoms with Gasteiger partial charge in [0.2, 0.25) is 5.91 Å². The van der Waals surface area contributed by atoms with Gasteiger partial charge in [-0.05, 0) is 24.6 Å². The predicted molar refractivity (Wildman–Crippen MR) is 103 cm³/mol. The predicted octanol–water partition coefficient (Wildman–Crippen LogP) is 3.40. The summed E-state index contributed by atoms with van der Waals surface area (Å²) in [5.74, 6) is 0.120. The van der Waals surface area contributed by atoms with E-state index in [9.17, 15) is 4.79 Å². The van der Waals surface area contributed by atoms with Crippen LogP contribution in [0, 0.1) is 6.92 Å². The molecule has 0 aromatic heterocycles. The molecule has 0 radical (unpaired) electrons. The first kappa shape index (κ1) is 17.8. The number of nitrogens with one attached hydrogen (secondary N) is 1. The Balaban J connectivity index is 1.45. The van der Waals surface area contributed by atoms with Crippen molar-refractivity contribution in [3.63, 3.8) is 0 Å². The minimum Gasteiger partial charge on any atom is -0.375 e. The third kappa shape index (κ3) is 4.97. The molecule has 1 fully saturated rings. The number of carbonyl (C=O) groups is 1. The van der Waals surface area contributed by atoms with Gasteiger partial charge < -0.3 is 10.2 Å². The molecule has 0 spiro atoms. The molecule has 2 aromatic rings. The molecule has 0 atom stereocenters. The van der Waals surface area contributed by atoms with Gasteiger partial charge in [0.1, 0.15) is 0 Å². The van der Waals surface area contributed by atoms with Crippen LogP contribution in [0.4, 0.5) is 5.69 Å². The molecule has 5 heteroatoms. The van der Waals surface area contributed by atoms with Crippen LogP contribution >= 0.6 is 11.6 Å². The van der Waals surface area contributed by atoms with Crippen LogP contribution in [0.25, 0.3) is 0 Å². The van der Waals surface area contributed by atoms with Crippen molar-refractivity contribution in [3.8, 4) is 0 Å². The second-order valence-corrected chi connectivity index (χ2v) is 6.89. The first-order valence-electron chi connectivity index (χ1n) is 8.66. The maximum absolute atomic E-state index is 12.4. The summed E-state index contributed by atoms with van der Waals surface area (Å²) >= 11 is 6.11. The molecule has 2 aromatic carbocycles. The van der Waals surface area contributed by atoms with Crippen molar-refractivity contribution in [3.05, 3.63) is 64.7 Å². The Labute approximate surface area is 154 Å². The number of aryl methyl sites for hydroxylation is 1. The quantitative estimate of drug-likeness (QED) is 0.890. The number of anilines is 1. The SMILES string of the molecule is Cc1cccc(CN2CCN(C(=O)CNc3ccccc3Cl)CC2)c1. The van der Waals surface area contributed by atoms with Gasteiger partial charge in [0.05, 0.1) is 17.3 Å². The Kier molecular flexibility index (Phi) is 5.95. The topological polar surface area (TPSA) is 35.6 Å². The van der Waals surface area contributed by atoms with Gasteiger partial charge in [0.25, 0.3) is 0 Å². The van der Waals surface area contributed by atoms with E-state index in [4.69, 9.17) is 11.6 Å². The van der Waals surface area contributed by atoms with Crippen molar-refractivity contribution >= 4 is 23.2 Å². The van der Waals surface area contributed by atoms with Crippen molar-refractivity contribution in [1.29, 1.82) is 0 Å².